The van der Waals surface area contributed by atoms with Crippen molar-refractivity contribution in [3.8, 4) is 0 Å². The molecule has 0 aliphatic carbocycles. The van der Waals surface area contributed by atoms with Crippen LogP contribution in [0.3, 0.4) is 0 Å². The SMILES string of the molecule is CCC(C)C(NC(=O)Nc1ccc(N2CCC(C)CC2)cc1)C(=O)OC. The summed E-state index contributed by atoms with van der Waals surface area (Å²) in [5.74, 6) is 0.366. The molecule has 0 spiro atoms. The van der Waals surface area contributed by atoms with Crippen LogP contribution in [-0.2, 0) is 9.53 Å². The van der Waals surface area contributed by atoms with Gasteiger partial charge in [-0.2, -0.15) is 0 Å². The Hall–Kier alpha value is -2.24. The minimum Gasteiger partial charge on any atom is -0.467 e. The lowest BCUT2D eigenvalue weighted by molar-refractivity contribution is -0.144. The first-order chi connectivity index (χ1) is 12.4. The second-order valence-corrected chi connectivity index (χ2v) is 7.20. The van der Waals surface area contributed by atoms with E-state index < -0.39 is 18.0 Å². The number of anilines is 2. The van der Waals surface area contributed by atoms with Crippen LogP contribution in [-0.4, -0.2) is 38.2 Å². The highest BCUT2D eigenvalue weighted by molar-refractivity contribution is 5.92. The van der Waals surface area contributed by atoms with Crippen LogP contribution in [0.25, 0.3) is 0 Å². The van der Waals surface area contributed by atoms with E-state index in [-0.39, 0.29) is 5.92 Å². The summed E-state index contributed by atoms with van der Waals surface area (Å²) in [6.45, 7) is 8.33. The van der Waals surface area contributed by atoms with Gasteiger partial charge in [-0.3, -0.25) is 0 Å². The summed E-state index contributed by atoms with van der Waals surface area (Å²) in [5, 5.41) is 5.51. The maximum Gasteiger partial charge on any atom is 0.328 e. The number of nitrogens with zero attached hydrogens (tertiary/aromatic N) is 1. The van der Waals surface area contributed by atoms with Crippen molar-refractivity contribution in [1.82, 2.24) is 5.32 Å². The van der Waals surface area contributed by atoms with Gasteiger partial charge in [0.05, 0.1) is 7.11 Å². The van der Waals surface area contributed by atoms with E-state index in [4.69, 9.17) is 4.74 Å². The van der Waals surface area contributed by atoms with Crippen molar-refractivity contribution in [1.29, 1.82) is 0 Å². The summed E-state index contributed by atoms with van der Waals surface area (Å²) >= 11 is 0. The molecular formula is C20H31N3O3. The number of carbonyl (C=O) groups is 2. The second kappa shape index (κ2) is 9.46. The van der Waals surface area contributed by atoms with Crippen molar-refractivity contribution in [3.63, 3.8) is 0 Å². The highest BCUT2D eigenvalue weighted by Crippen LogP contribution is 2.24. The number of esters is 1. The maximum atomic E-state index is 12.2. The summed E-state index contributed by atoms with van der Waals surface area (Å²) in [4.78, 5) is 26.5. The number of piperidine rings is 1. The number of ether oxygens (including phenoxy) is 1. The number of methoxy groups -OCH3 is 1. The van der Waals surface area contributed by atoms with Gasteiger partial charge in [-0.25, -0.2) is 9.59 Å². The predicted molar refractivity (Wildman–Crippen MR) is 104 cm³/mol. The molecular weight excluding hydrogens is 330 g/mol. The Balaban J connectivity index is 1.93. The molecule has 1 heterocycles. The van der Waals surface area contributed by atoms with Gasteiger partial charge >= 0.3 is 12.0 Å². The molecule has 0 radical (unpaired) electrons. The van der Waals surface area contributed by atoms with Crippen molar-refractivity contribution < 1.29 is 14.3 Å². The van der Waals surface area contributed by atoms with Gasteiger partial charge in [0.1, 0.15) is 6.04 Å². The number of hydrogen-bond donors (Lipinski definition) is 2. The first-order valence-corrected chi connectivity index (χ1v) is 9.45. The number of amides is 2. The molecule has 2 atom stereocenters. The zero-order valence-corrected chi connectivity index (χ0v) is 16.2. The molecule has 1 aliphatic heterocycles. The van der Waals surface area contributed by atoms with Crippen molar-refractivity contribution in [2.24, 2.45) is 11.8 Å². The highest BCUT2D eigenvalue weighted by atomic mass is 16.5. The predicted octanol–water partition coefficient (Wildman–Crippen LogP) is 3.63. The third kappa shape index (κ3) is 5.38. The fourth-order valence-electron chi connectivity index (χ4n) is 3.13. The van der Waals surface area contributed by atoms with Crippen molar-refractivity contribution >= 4 is 23.4 Å². The Kier molecular flexibility index (Phi) is 7.30. The average Bonchev–Trinajstić information content (AvgIpc) is 2.66. The van der Waals surface area contributed by atoms with E-state index in [1.807, 2.05) is 38.1 Å². The molecule has 0 bridgehead atoms. The number of hydrogen-bond acceptors (Lipinski definition) is 4. The first-order valence-electron chi connectivity index (χ1n) is 9.45. The lowest BCUT2D eigenvalue weighted by Crippen LogP contribution is -2.47. The lowest BCUT2D eigenvalue weighted by atomic mass is 9.99. The Bertz CT molecular complexity index is 595. The monoisotopic (exact) mass is 361 g/mol. The Morgan fingerprint density at radius 1 is 1.23 bits per heavy atom. The molecule has 1 aromatic rings. The topological polar surface area (TPSA) is 70.7 Å². The van der Waals surface area contributed by atoms with Gasteiger partial charge in [0, 0.05) is 24.5 Å². The summed E-state index contributed by atoms with van der Waals surface area (Å²) in [6, 6.07) is 6.78. The van der Waals surface area contributed by atoms with Crippen LogP contribution in [0.1, 0.15) is 40.0 Å². The lowest BCUT2D eigenvalue weighted by Gasteiger charge is -2.32. The van der Waals surface area contributed by atoms with Gasteiger partial charge in [-0.15, -0.1) is 0 Å². The summed E-state index contributed by atoms with van der Waals surface area (Å²) in [7, 11) is 1.33. The second-order valence-electron chi connectivity index (χ2n) is 7.20. The molecule has 6 nitrogen and oxygen atoms in total. The van der Waals surface area contributed by atoms with Gasteiger partial charge in [-0.1, -0.05) is 27.2 Å². The molecule has 0 aromatic heterocycles. The number of rotatable bonds is 6. The molecule has 1 aromatic carbocycles. The fourth-order valence-corrected chi connectivity index (χ4v) is 3.13. The molecule has 2 amide bonds. The average molecular weight is 361 g/mol. The number of urea groups is 1. The largest absolute Gasteiger partial charge is 0.467 e. The van der Waals surface area contributed by atoms with Crippen LogP contribution < -0.4 is 15.5 Å². The van der Waals surface area contributed by atoms with E-state index in [2.05, 4.69) is 22.5 Å². The molecule has 26 heavy (non-hydrogen) atoms. The van der Waals surface area contributed by atoms with Gasteiger partial charge in [-0.05, 0) is 48.9 Å². The first kappa shape index (κ1) is 20.1. The molecule has 1 fully saturated rings. The quantitative estimate of drug-likeness (QED) is 0.759. The summed E-state index contributed by atoms with van der Waals surface area (Å²) in [5.41, 5.74) is 1.87. The van der Waals surface area contributed by atoms with Gasteiger partial charge < -0.3 is 20.3 Å². The highest BCUT2D eigenvalue weighted by Gasteiger charge is 2.26. The van der Waals surface area contributed by atoms with E-state index in [1.54, 1.807) is 0 Å². The molecule has 2 rings (SSSR count). The van der Waals surface area contributed by atoms with E-state index in [0.29, 0.717) is 5.69 Å². The third-order valence-electron chi connectivity index (χ3n) is 5.23. The molecule has 1 saturated heterocycles. The molecule has 6 heteroatoms. The molecule has 2 N–H and O–H groups in total. The van der Waals surface area contributed by atoms with Crippen molar-refractivity contribution in [3.05, 3.63) is 24.3 Å². The standard InChI is InChI=1S/C20H31N3O3/c1-5-15(3)18(19(24)26-4)22-20(25)21-16-6-8-17(9-7-16)23-12-10-14(2)11-13-23/h6-9,14-15,18H,5,10-13H2,1-4H3,(H2,21,22,25). The van der Waals surface area contributed by atoms with Gasteiger partial charge in [0.2, 0.25) is 0 Å². The van der Waals surface area contributed by atoms with Crippen LogP contribution in [0.4, 0.5) is 16.2 Å². The minimum atomic E-state index is -0.653. The zero-order chi connectivity index (χ0) is 19.1. The van der Waals surface area contributed by atoms with Crippen LogP contribution in [0.2, 0.25) is 0 Å². The third-order valence-corrected chi connectivity index (χ3v) is 5.23. The summed E-state index contributed by atoms with van der Waals surface area (Å²) < 4.78 is 4.79. The van der Waals surface area contributed by atoms with E-state index in [1.165, 1.54) is 25.6 Å². The number of nitrogens with one attached hydrogen (secondary N) is 2. The number of carbonyl (C=O) groups excluding carboxylic acids is 2. The van der Waals surface area contributed by atoms with Crippen LogP contribution in [0.15, 0.2) is 24.3 Å². The van der Waals surface area contributed by atoms with Gasteiger partial charge in [0.15, 0.2) is 0 Å². The fraction of sp³-hybridized carbons (Fsp3) is 0.600. The minimum absolute atomic E-state index is 0.00271. The Labute approximate surface area is 156 Å². The normalized spacial score (nSPS) is 17.3. The van der Waals surface area contributed by atoms with Crippen LogP contribution in [0.5, 0.6) is 0 Å². The Morgan fingerprint density at radius 2 is 1.85 bits per heavy atom. The zero-order valence-electron chi connectivity index (χ0n) is 16.2. The Morgan fingerprint density at radius 3 is 2.38 bits per heavy atom. The van der Waals surface area contributed by atoms with E-state index in [0.717, 1.165) is 25.4 Å². The van der Waals surface area contributed by atoms with Crippen LogP contribution in [0, 0.1) is 11.8 Å². The van der Waals surface area contributed by atoms with E-state index >= 15 is 0 Å². The molecule has 2 unspecified atom stereocenters. The van der Waals surface area contributed by atoms with Crippen LogP contribution >= 0.6 is 0 Å². The molecule has 1 aliphatic rings. The summed E-state index contributed by atoms with van der Waals surface area (Å²) in [6.07, 6.45) is 3.20. The van der Waals surface area contributed by atoms with Crippen molar-refractivity contribution in [2.75, 3.05) is 30.4 Å². The smallest absolute Gasteiger partial charge is 0.328 e. The van der Waals surface area contributed by atoms with E-state index in [9.17, 15) is 9.59 Å². The van der Waals surface area contributed by atoms with Gasteiger partial charge in [0.25, 0.3) is 0 Å². The van der Waals surface area contributed by atoms with Crippen molar-refractivity contribution in [2.45, 2.75) is 46.1 Å². The molecule has 144 valence electrons. The number of benzene rings is 1. The molecule has 0 saturated carbocycles. The maximum absolute atomic E-state index is 12.2.